The molecule has 122 heavy (non-hydrogen) atoms. The van der Waals surface area contributed by atoms with Gasteiger partial charge < -0.3 is 157 Å². The molecule has 0 unspecified atom stereocenters. The largest absolute Gasteiger partial charge is 0.388 e. The molecular formula is C75H122N14O31S2. The molecule has 0 aromatic carbocycles. The van der Waals surface area contributed by atoms with Gasteiger partial charge in [0, 0.05) is 45.3 Å². The average Bonchev–Trinajstić information content (AvgIpc) is 1.61. The minimum absolute atomic E-state index is 0.00775. The number of hydrogen-bond donors (Lipinski definition) is 12. The van der Waals surface area contributed by atoms with Gasteiger partial charge >= 0.3 is 0 Å². The molecule has 12 N–H and O–H groups in total. The fourth-order valence-corrected chi connectivity index (χ4v) is 15.8. The molecule has 10 rings (SSSR count). The van der Waals surface area contributed by atoms with Gasteiger partial charge in [0.05, 0.1) is 256 Å². The van der Waals surface area contributed by atoms with E-state index in [-0.39, 0.29) is 149 Å². The molecule has 6 fully saturated rings. The first-order chi connectivity index (χ1) is 59.3. The Bertz CT molecular complexity index is 3420. The Morgan fingerprint density at radius 3 is 1.27 bits per heavy atom. The first-order valence-corrected chi connectivity index (χ1v) is 43.3. The van der Waals surface area contributed by atoms with Crippen molar-refractivity contribution >= 4 is 45.2 Å². The van der Waals surface area contributed by atoms with Crippen LogP contribution in [0.25, 0.3) is 0 Å². The standard InChI is InChI=1S/C75H122N14O31S2/c1-52(90)77-60-63(94)66(97)73(49-115-69(60)118-73)46-109-33-30-106-27-24-103-21-18-100-15-12-87-37-55(81-84-87)40-112-43-72(80-58(93)9-5-4-8-36-121-122-59-10-6-7-11-76-59,44-113-41-56-38-88(85-82-56)13-16-101-19-22-104-25-28-107-31-34-110-47-74-50-116-70(119-74)61(78-53(2)91)64(95)67(74)98)45-114-42-57-39-89(86-83-57)14-17-102-20-23-105-26-29-108-32-35-111-48-75-51-117-71(120-75)62(79-54(3)92)65(96)68(75)99/h6-7,10-11,37-39,60-71,81,84,94-99H,4-5,8-9,12-36,40-51H2,1-3H3,(H,77,90)(H,78,91)(H,79,92)(H,80,93)/t60-,61-,62-,63-,64-,65-,66-,67-,68-,69-,70+,71+,73+,74+,75+/m1/s1. The van der Waals surface area contributed by atoms with Crippen LogP contribution in [0, 0.1) is 0 Å². The third-order valence-corrected chi connectivity index (χ3v) is 22.4. The van der Waals surface area contributed by atoms with Crippen LogP contribution in [-0.2, 0) is 145 Å². The zero-order valence-electron chi connectivity index (χ0n) is 69.2. The number of ether oxygens (including phenoxy) is 21. The van der Waals surface area contributed by atoms with Crippen molar-refractivity contribution in [1.82, 2.24) is 72.2 Å². The lowest BCUT2D eigenvalue weighted by Gasteiger charge is -2.42. The molecule has 6 bridgehead atoms. The number of rotatable bonds is 66. The summed E-state index contributed by atoms with van der Waals surface area (Å²) in [4.78, 5) is 53.4. The van der Waals surface area contributed by atoms with Crippen LogP contribution in [0.3, 0.4) is 0 Å². The molecule has 3 aromatic heterocycles. The van der Waals surface area contributed by atoms with Crippen LogP contribution in [-0.4, -0.2) is 407 Å². The first-order valence-electron chi connectivity index (χ1n) is 41.0. The number of carbonyl (C=O) groups excluding carboxylic acids is 4. The van der Waals surface area contributed by atoms with Crippen LogP contribution in [0.4, 0.5) is 0 Å². The summed E-state index contributed by atoms with van der Waals surface area (Å²) in [5.74, 6) is -0.502. The van der Waals surface area contributed by atoms with E-state index in [9.17, 15) is 49.8 Å². The Morgan fingerprint density at radius 2 is 0.877 bits per heavy atom. The number of hydrazine groups is 2. The third kappa shape index (κ3) is 31.6. The molecule has 0 radical (unpaired) electrons. The van der Waals surface area contributed by atoms with E-state index in [0.717, 1.165) is 23.6 Å². The smallest absolute Gasteiger partial charge is 0.220 e. The van der Waals surface area contributed by atoms with E-state index in [1.165, 1.54) is 20.8 Å². The average molecular weight is 1780 g/mol. The van der Waals surface area contributed by atoms with Gasteiger partial charge in [-0.3, -0.25) is 24.2 Å². The number of nitrogens with zero attached hydrogens (tertiary/aromatic N) is 8. The summed E-state index contributed by atoms with van der Waals surface area (Å²) in [5, 5.41) is 95.2. The Balaban J connectivity index is 0.637. The lowest BCUT2D eigenvalue weighted by atomic mass is 9.88. The highest BCUT2D eigenvalue weighted by Gasteiger charge is 2.62. The second kappa shape index (κ2) is 52.5. The summed E-state index contributed by atoms with van der Waals surface area (Å²) in [5.41, 5.74) is 2.96. The minimum atomic E-state index is -1.34. The van der Waals surface area contributed by atoms with Crippen molar-refractivity contribution in [3.05, 3.63) is 60.1 Å². The van der Waals surface area contributed by atoms with Crippen molar-refractivity contribution in [3.8, 4) is 0 Å². The molecule has 10 heterocycles. The fraction of sp³-hybridized carbons (Fsp3) is 0.800. The number of aliphatic hydroxyl groups is 6. The van der Waals surface area contributed by atoms with Gasteiger partial charge in [0.15, 0.2) is 18.9 Å². The Labute approximate surface area is 714 Å². The molecule has 45 nitrogen and oxygen atoms in total. The molecular weight excluding hydrogens is 1660 g/mol. The van der Waals surface area contributed by atoms with Crippen molar-refractivity contribution in [1.29, 1.82) is 0 Å². The Hall–Kier alpha value is -5.77. The molecule has 47 heteroatoms. The first kappa shape index (κ1) is 98.4. The number of fused-ring (bicyclic) bond motifs is 6. The fourth-order valence-electron chi connectivity index (χ4n) is 13.8. The maximum Gasteiger partial charge on any atom is 0.220 e. The van der Waals surface area contributed by atoms with Crippen LogP contribution in [0.2, 0.25) is 0 Å². The lowest BCUT2D eigenvalue weighted by molar-refractivity contribution is -0.238. The molecule has 6 saturated heterocycles. The van der Waals surface area contributed by atoms with Crippen LogP contribution in [0.15, 0.2) is 53.7 Å². The zero-order valence-corrected chi connectivity index (χ0v) is 70.9. The van der Waals surface area contributed by atoms with Crippen molar-refractivity contribution < 1.29 is 149 Å². The summed E-state index contributed by atoms with van der Waals surface area (Å²) in [6.45, 7) is 11.0. The van der Waals surface area contributed by atoms with Crippen molar-refractivity contribution in [2.24, 2.45) is 0 Å². The van der Waals surface area contributed by atoms with Gasteiger partial charge in [-0.2, -0.15) is 0 Å². The van der Waals surface area contributed by atoms with Gasteiger partial charge in [0.25, 0.3) is 0 Å². The molecule has 4 amide bonds. The van der Waals surface area contributed by atoms with Gasteiger partial charge in [-0.1, -0.05) is 33.7 Å². The molecule has 0 spiro atoms. The van der Waals surface area contributed by atoms with Crippen molar-refractivity contribution in [3.63, 3.8) is 0 Å². The third-order valence-electron chi connectivity index (χ3n) is 20.1. The molecule has 690 valence electrons. The maximum atomic E-state index is 14.2. The number of unbranched alkanes of at least 4 members (excludes halogenated alkanes) is 2. The SMILES string of the molecule is CC(=O)N[C@H]1[C@@H]2OC[C@](COCCOCCOCCOCCN3C=C(COCC(COCc4cn(CCOCCOCCOCCOC[C@@]56CO[C@@H](O5)[C@H](NC(C)=O)[C@@H](O)[C@H]6O)nn4)(COCc4cn(CCOCCOCCOCCOC[C@@]56CO[C@@H](O5)[C@H](NC(C)=O)[C@@H](O)[C@H]6O)nn4)NC(=O)CCCCCSSc4ccccn4)NN3)(O2)[C@H](O)[C@@H]1O. The summed E-state index contributed by atoms with van der Waals surface area (Å²) >= 11 is 0. The predicted octanol–water partition coefficient (Wildman–Crippen LogP) is -4.71. The second-order valence-electron chi connectivity index (χ2n) is 30.0. The number of nitrogens with one attached hydrogen (secondary N) is 6. The van der Waals surface area contributed by atoms with Crippen LogP contribution < -0.4 is 32.2 Å². The number of hydrogen-bond acceptors (Lipinski definition) is 41. The summed E-state index contributed by atoms with van der Waals surface area (Å²) in [7, 11) is 3.33. The normalized spacial score (nSPS) is 26.6. The van der Waals surface area contributed by atoms with Crippen molar-refractivity contribution in [2.45, 2.75) is 174 Å². The van der Waals surface area contributed by atoms with E-state index in [0.29, 0.717) is 142 Å². The number of carbonyl (C=O) groups is 4. The lowest BCUT2D eigenvalue weighted by Crippen LogP contribution is -2.66. The van der Waals surface area contributed by atoms with Crippen LogP contribution in [0.1, 0.15) is 57.8 Å². The Morgan fingerprint density at radius 1 is 0.492 bits per heavy atom. The number of aliphatic hydroxyl groups excluding tert-OH is 6. The minimum Gasteiger partial charge on any atom is -0.388 e. The molecule has 7 aliphatic rings. The topological polar surface area (TPSA) is 533 Å². The van der Waals surface area contributed by atoms with Gasteiger partial charge in [-0.15, -0.1) is 15.7 Å². The van der Waals surface area contributed by atoms with Crippen LogP contribution >= 0.6 is 21.6 Å². The van der Waals surface area contributed by atoms with E-state index in [4.69, 9.17) is 99.5 Å². The van der Waals surface area contributed by atoms with Crippen molar-refractivity contribution in [2.75, 3.05) is 217 Å². The maximum absolute atomic E-state index is 14.2. The van der Waals surface area contributed by atoms with E-state index < -0.39 is 96.0 Å². The number of amides is 4. The molecule has 3 aromatic rings. The van der Waals surface area contributed by atoms with E-state index in [1.54, 1.807) is 49.5 Å². The molecule has 15 atom stereocenters. The van der Waals surface area contributed by atoms with E-state index in [1.807, 2.05) is 29.4 Å². The summed E-state index contributed by atoms with van der Waals surface area (Å²) in [6.07, 6.45) is -0.929. The highest BCUT2D eigenvalue weighted by Crippen LogP contribution is 2.40. The van der Waals surface area contributed by atoms with Gasteiger partial charge in [-0.25, -0.2) is 14.3 Å². The number of aromatic nitrogens is 7. The highest BCUT2D eigenvalue weighted by molar-refractivity contribution is 8.76. The van der Waals surface area contributed by atoms with Crippen LogP contribution in [0.5, 0.6) is 0 Å². The van der Waals surface area contributed by atoms with Gasteiger partial charge in [0.1, 0.15) is 93.5 Å². The second-order valence-corrected chi connectivity index (χ2v) is 32.4. The molecule has 7 aliphatic heterocycles. The monoisotopic (exact) mass is 1780 g/mol. The Kier molecular flexibility index (Phi) is 42.3. The molecule has 0 aliphatic carbocycles. The van der Waals surface area contributed by atoms with Gasteiger partial charge in [-0.05, 0) is 35.8 Å². The van der Waals surface area contributed by atoms with E-state index in [2.05, 4.69) is 57.8 Å². The summed E-state index contributed by atoms with van der Waals surface area (Å²) < 4.78 is 126. The number of pyridine rings is 1. The molecule has 0 saturated carbocycles. The zero-order chi connectivity index (χ0) is 86.3. The van der Waals surface area contributed by atoms with E-state index >= 15 is 0 Å². The van der Waals surface area contributed by atoms with Gasteiger partial charge in [0.2, 0.25) is 23.6 Å². The quantitative estimate of drug-likeness (QED) is 0.0187. The summed E-state index contributed by atoms with van der Waals surface area (Å²) in [6, 6.07) is 3.09. The highest BCUT2D eigenvalue weighted by atomic mass is 33.1. The predicted molar refractivity (Wildman–Crippen MR) is 422 cm³/mol.